The molecule has 0 heterocycles. The minimum atomic E-state index is -0.0765. The highest BCUT2D eigenvalue weighted by Crippen LogP contribution is 2.23. The van der Waals surface area contributed by atoms with Crippen molar-refractivity contribution in [3.05, 3.63) is 42.5 Å². The van der Waals surface area contributed by atoms with Crippen LogP contribution in [0.2, 0.25) is 0 Å². The van der Waals surface area contributed by atoms with Gasteiger partial charge in [0, 0.05) is 5.69 Å². The van der Waals surface area contributed by atoms with Crippen molar-refractivity contribution in [2.45, 2.75) is 25.3 Å². The molecule has 1 aliphatic rings. The summed E-state index contributed by atoms with van der Waals surface area (Å²) in [6.45, 7) is 0. The molecule has 0 aromatic heterocycles. The van der Waals surface area contributed by atoms with E-state index in [1.807, 2.05) is 30.3 Å². The van der Waals surface area contributed by atoms with Gasteiger partial charge in [0.2, 0.25) is 0 Å². The topological polar surface area (TPSA) is 35.8 Å². The van der Waals surface area contributed by atoms with Crippen LogP contribution in [0.5, 0.6) is 0 Å². The molecule has 2 atom stereocenters. The second-order valence-corrected chi connectivity index (χ2v) is 4.16. The molecule has 82 valence electrons. The lowest BCUT2D eigenvalue weighted by Crippen LogP contribution is -2.28. The Morgan fingerprint density at radius 2 is 2.06 bits per heavy atom. The van der Waals surface area contributed by atoms with E-state index in [1.54, 1.807) is 0 Å². The molecule has 0 radical (unpaired) electrons. The van der Waals surface area contributed by atoms with E-state index in [1.165, 1.54) is 0 Å². The Bertz CT molecular complexity index is 389. The highest BCUT2D eigenvalue weighted by Gasteiger charge is 2.21. The summed E-state index contributed by atoms with van der Waals surface area (Å²) in [5.41, 5.74) is 1.03. The molecule has 1 aromatic carbocycles. The third-order valence-electron chi connectivity index (χ3n) is 3.02. The van der Waals surface area contributed by atoms with Crippen molar-refractivity contribution in [3.8, 4) is 6.07 Å². The summed E-state index contributed by atoms with van der Waals surface area (Å²) in [5.74, 6) is 0.440. The fraction of sp³-hybridized carbons (Fsp3) is 0.357. The maximum absolute atomic E-state index is 9.20. The fourth-order valence-electron chi connectivity index (χ4n) is 2.09. The third-order valence-corrected chi connectivity index (χ3v) is 3.02. The lowest BCUT2D eigenvalue weighted by atomic mass is 9.88. The molecule has 1 N–H and O–H groups in total. The van der Waals surface area contributed by atoms with E-state index in [2.05, 4.69) is 23.5 Å². The van der Waals surface area contributed by atoms with Crippen molar-refractivity contribution >= 4 is 5.69 Å². The Morgan fingerprint density at radius 1 is 1.25 bits per heavy atom. The first-order chi connectivity index (χ1) is 7.90. The number of rotatable bonds is 3. The summed E-state index contributed by atoms with van der Waals surface area (Å²) in [5, 5.41) is 12.5. The molecule has 2 heteroatoms. The van der Waals surface area contributed by atoms with Crippen LogP contribution >= 0.6 is 0 Å². The van der Waals surface area contributed by atoms with Gasteiger partial charge in [-0.2, -0.15) is 5.26 Å². The molecule has 2 unspecified atom stereocenters. The maximum atomic E-state index is 9.20. The van der Waals surface area contributed by atoms with Gasteiger partial charge in [0.05, 0.1) is 6.07 Å². The molecule has 2 rings (SSSR count). The zero-order chi connectivity index (χ0) is 11.2. The number of nitrogens with zero attached hydrogens (tertiary/aromatic N) is 1. The summed E-state index contributed by atoms with van der Waals surface area (Å²) < 4.78 is 0. The standard InChI is InChI=1S/C14H16N2/c15-11-14(12-7-3-1-4-8-12)16-13-9-5-2-6-10-13/h1-3,5-6,9-10,12,14,16H,4,7-8H2. The first-order valence-electron chi connectivity index (χ1n) is 5.76. The summed E-state index contributed by atoms with van der Waals surface area (Å²) in [6, 6.07) is 12.3. The van der Waals surface area contributed by atoms with Crippen LogP contribution in [0.4, 0.5) is 5.69 Å². The summed E-state index contributed by atoms with van der Waals surface area (Å²) in [7, 11) is 0. The monoisotopic (exact) mass is 212 g/mol. The number of hydrogen-bond acceptors (Lipinski definition) is 2. The van der Waals surface area contributed by atoms with E-state index < -0.39 is 0 Å². The molecule has 0 aliphatic heterocycles. The average Bonchev–Trinajstić information content (AvgIpc) is 2.38. The summed E-state index contributed by atoms with van der Waals surface area (Å²) in [4.78, 5) is 0. The smallest absolute Gasteiger partial charge is 0.117 e. The number of nitrogens with one attached hydrogen (secondary N) is 1. The van der Waals surface area contributed by atoms with Crippen LogP contribution in [0, 0.1) is 17.2 Å². The van der Waals surface area contributed by atoms with Gasteiger partial charge in [-0.25, -0.2) is 0 Å². The number of benzene rings is 1. The molecule has 16 heavy (non-hydrogen) atoms. The van der Waals surface area contributed by atoms with Gasteiger partial charge in [0.15, 0.2) is 0 Å². The highest BCUT2D eigenvalue weighted by atomic mass is 14.9. The molecule has 0 fully saturated rings. The third kappa shape index (κ3) is 2.64. The van der Waals surface area contributed by atoms with Crippen LogP contribution in [0.3, 0.4) is 0 Å². The Kier molecular flexibility index (Phi) is 3.61. The SMILES string of the molecule is N#CC(Nc1ccccc1)C1CC=CCC1. The first kappa shape index (κ1) is 10.8. The molecule has 0 saturated carbocycles. The summed E-state index contributed by atoms with van der Waals surface area (Å²) in [6.07, 6.45) is 7.60. The van der Waals surface area contributed by atoms with Gasteiger partial charge in [-0.3, -0.25) is 0 Å². The van der Waals surface area contributed by atoms with Crippen molar-refractivity contribution in [3.63, 3.8) is 0 Å². The van der Waals surface area contributed by atoms with Crippen LogP contribution in [0.15, 0.2) is 42.5 Å². The van der Waals surface area contributed by atoms with Gasteiger partial charge in [-0.1, -0.05) is 30.4 Å². The van der Waals surface area contributed by atoms with Crippen molar-refractivity contribution in [2.75, 3.05) is 5.32 Å². The van der Waals surface area contributed by atoms with Gasteiger partial charge in [-0.05, 0) is 37.3 Å². The van der Waals surface area contributed by atoms with E-state index >= 15 is 0 Å². The largest absolute Gasteiger partial charge is 0.370 e. The Hall–Kier alpha value is -1.75. The molecule has 0 spiro atoms. The first-order valence-corrected chi connectivity index (χ1v) is 5.76. The Balaban J connectivity index is 2.01. The van der Waals surface area contributed by atoms with Gasteiger partial charge in [0.25, 0.3) is 0 Å². The molecule has 1 aromatic rings. The van der Waals surface area contributed by atoms with E-state index in [4.69, 9.17) is 0 Å². The van der Waals surface area contributed by atoms with E-state index in [9.17, 15) is 5.26 Å². The number of anilines is 1. The van der Waals surface area contributed by atoms with Crippen LogP contribution in [-0.2, 0) is 0 Å². The number of para-hydroxylation sites is 1. The zero-order valence-electron chi connectivity index (χ0n) is 9.26. The summed E-state index contributed by atoms with van der Waals surface area (Å²) >= 11 is 0. The van der Waals surface area contributed by atoms with E-state index in [-0.39, 0.29) is 6.04 Å². The van der Waals surface area contributed by atoms with Gasteiger partial charge >= 0.3 is 0 Å². The molecule has 0 bridgehead atoms. The maximum Gasteiger partial charge on any atom is 0.117 e. The average molecular weight is 212 g/mol. The molecule has 1 aliphatic carbocycles. The van der Waals surface area contributed by atoms with Crippen LogP contribution < -0.4 is 5.32 Å². The molecule has 0 saturated heterocycles. The predicted molar refractivity (Wildman–Crippen MR) is 65.9 cm³/mol. The van der Waals surface area contributed by atoms with Crippen molar-refractivity contribution < 1.29 is 0 Å². The van der Waals surface area contributed by atoms with E-state index in [0.29, 0.717) is 5.92 Å². The number of nitriles is 1. The predicted octanol–water partition coefficient (Wildman–Crippen LogP) is 3.35. The highest BCUT2D eigenvalue weighted by molar-refractivity contribution is 5.45. The van der Waals surface area contributed by atoms with Gasteiger partial charge in [-0.15, -0.1) is 0 Å². The normalized spacial score (nSPS) is 21.1. The lowest BCUT2D eigenvalue weighted by Gasteiger charge is -2.24. The van der Waals surface area contributed by atoms with Crippen molar-refractivity contribution in [1.29, 1.82) is 5.26 Å². The quantitative estimate of drug-likeness (QED) is 0.780. The van der Waals surface area contributed by atoms with Crippen LogP contribution in [-0.4, -0.2) is 6.04 Å². The van der Waals surface area contributed by atoms with Crippen LogP contribution in [0.25, 0.3) is 0 Å². The Labute approximate surface area is 96.6 Å². The minimum absolute atomic E-state index is 0.0765. The van der Waals surface area contributed by atoms with Crippen molar-refractivity contribution in [2.24, 2.45) is 5.92 Å². The molecular weight excluding hydrogens is 196 g/mol. The van der Waals surface area contributed by atoms with Gasteiger partial charge < -0.3 is 5.32 Å². The van der Waals surface area contributed by atoms with E-state index in [0.717, 1.165) is 24.9 Å². The molecule has 2 nitrogen and oxygen atoms in total. The molecule has 0 amide bonds. The minimum Gasteiger partial charge on any atom is -0.370 e. The fourth-order valence-corrected chi connectivity index (χ4v) is 2.09. The zero-order valence-corrected chi connectivity index (χ0v) is 9.26. The van der Waals surface area contributed by atoms with Crippen LogP contribution in [0.1, 0.15) is 19.3 Å². The van der Waals surface area contributed by atoms with Gasteiger partial charge in [0.1, 0.15) is 6.04 Å². The number of hydrogen-bond donors (Lipinski definition) is 1. The Morgan fingerprint density at radius 3 is 2.69 bits per heavy atom. The lowest BCUT2D eigenvalue weighted by molar-refractivity contribution is 0.458. The molecular formula is C14H16N2. The second kappa shape index (κ2) is 5.37. The number of allylic oxidation sites excluding steroid dienone is 2. The second-order valence-electron chi connectivity index (χ2n) is 4.16. The van der Waals surface area contributed by atoms with Crippen molar-refractivity contribution in [1.82, 2.24) is 0 Å².